The number of rotatable bonds is 2. The van der Waals surface area contributed by atoms with E-state index in [0.717, 1.165) is 0 Å². The van der Waals surface area contributed by atoms with E-state index in [-0.39, 0.29) is 28.2 Å². The van der Waals surface area contributed by atoms with Gasteiger partial charge in [0.2, 0.25) is 5.91 Å². The molecular weight excluding hydrogens is 242 g/mol. The fraction of sp³-hybridized carbons (Fsp3) is 0.273. The maximum atomic E-state index is 11.6. The Hall–Kier alpha value is -1.69. The molecule has 90 valence electrons. The van der Waals surface area contributed by atoms with Crippen LogP contribution in [-0.2, 0) is 4.79 Å². The number of aromatic carboxylic acids is 1. The Kier molecular flexibility index (Phi) is 2.97. The van der Waals surface area contributed by atoms with Crippen molar-refractivity contribution in [2.45, 2.75) is 11.7 Å². The van der Waals surface area contributed by atoms with Crippen LogP contribution in [0.15, 0.2) is 18.2 Å². The van der Waals surface area contributed by atoms with Crippen LogP contribution in [0, 0.1) is 0 Å². The molecule has 0 bridgehead atoms. The summed E-state index contributed by atoms with van der Waals surface area (Å²) in [7, 11) is 0. The van der Waals surface area contributed by atoms with Crippen LogP contribution in [0.4, 0.5) is 5.69 Å². The van der Waals surface area contributed by atoms with Gasteiger partial charge in [-0.1, -0.05) is 0 Å². The summed E-state index contributed by atoms with van der Waals surface area (Å²) in [6, 6.07) is 3.86. The second-order valence-electron chi connectivity index (χ2n) is 3.87. The van der Waals surface area contributed by atoms with Crippen molar-refractivity contribution in [3.05, 3.63) is 23.8 Å². The lowest BCUT2D eigenvalue weighted by molar-refractivity contribution is -0.117. The molecule has 1 fully saturated rings. The predicted molar refractivity (Wildman–Crippen MR) is 64.8 cm³/mol. The number of phenols is 1. The molecule has 0 spiro atoms. The van der Waals surface area contributed by atoms with Crippen LogP contribution in [0.25, 0.3) is 0 Å². The third-order valence-electron chi connectivity index (χ3n) is 2.62. The molecule has 1 aliphatic rings. The van der Waals surface area contributed by atoms with Crippen molar-refractivity contribution in [3.63, 3.8) is 0 Å². The zero-order valence-corrected chi connectivity index (χ0v) is 9.72. The number of amides is 1. The molecule has 2 rings (SSSR count). The highest BCUT2D eigenvalue weighted by molar-refractivity contribution is 7.81. The van der Waals surface area contributed by atoms with Crippen LogP contribution in [0.3, 0.4) is 0 Å². The number of carbonyl (C=O) groups excluding carboxylic acids is 1. The van der Waals surface area contributed by atoms with Crippen LogP contribution in [0.2, 0.25) is 0 Å². The van der Waals surface area contributed by atoms with E-state index in [9.17, 15) is 14.7 Å². The largest absolute Gasteiger partial charge is 0.506 e. The summed E-state index contributed by atoms with van der Waals surface area (Å²) in [5, 5.41) is 18.4. The number of aromatic hydroxyl groups is 1. The van der Waals surface area contributed by atoms with Crippen LogP contribution in [0.1, 0.15) is 16.8 Å². The number of benzene rings is 1. The molecule has 0 aromatic heterocycles. The first kappa shape index (κ1) is 11.8. The van der Waals surface area contributed by atoms with E-state index in [4.69, 9.17) is 5.11 Å². The minimum Gasteiger partial charge on any atom is -0.506 e. The predicted octanol–water partition coefficient (Wildman–Crippen LogP) is 1.13. The lowest BCUT2D eigenvalue weighted by atomic mass is 10.1. The Morgan fingerprint density at radius 3 is 2.71 bits per heavy atom. The fourth-order valence-electron chi connectivity index (χ4n) is 1.79. The molecule has 1 unspecified atom stereocenters. The first-order valence-electron chi connectivity index (χ1n) is 5.04. The monoisotopic (exact) mass is 253 g/mol. The van der Waals surface area contributed by atoms with Gasteiger partial charge in [0.15, 0.2) is 0 Å². The zero-order valence-electron chi connectivity index (χ0n) is 8.83. The van der Waals surface area contributed by atoms with E-state index in [0.29, 0.717) is 13.0 Å². The highest BCUT2D eigenvalue weighted by atomic mass is 32.1. The Morgan fingerprint density at radius 2 is 2.18 bits per heavy atom. The molecule has 1 saturated heterocycles. The van der Waals surface area contributed by atoms with Gasteiger partial charge in [-0.25, -0.2) is 4.79 Å². The molecule has 2 N–H and O–H groups in total. The number of carboxylic acids is 1. The second-order valence-corrected chi connectivity index (χ2v) is 4.60. The molecule has 1 aliphatic heterocycles. The molecule has 1 aromatic rings. The molecular formula is C11H11NO4S. The van der Waals surface area contributed by atoms with E-state index in [1.807, 2.05) is 0 Å². The smallest absolute Gasteiger partial charge is 0.335 e. The van der Waals surface area contributed by atoms with Crippen molar-refractivity contribution in [1.82, 2.24) is 0 Å². The lowest BCUT2D eigenvalue weighted by Gasteiger charge is -2.17. The Labute approximate surface area is 103 Å². The second kappa shape index (κ2) is 4.29. The third-order valence-corrected chi connectivity index (χ3v) is 2.96. The van der Waals surface area contributed by atoms with E-state index in [2.05, 4.69) is 12.6 Å². The summed E-state index contributed by atoms with van der Waals surface area (Å²) in [4.78, 5) is 23.8. The number of phenolic OH excluding ortho intramolecular Hbond substituents is 1. The molecule has 1 amide bonds. The van der Waals surface area contributed by atoms with Crippen molar-refractivity contribution in [3.8, 4) is 5.75 Å². The van der Waals surface area contributed by atoms with E-state index < -0.39 is 5.97 Å². The average Bonchev–Trinajstić information content (AvgIpc) is 2.58. The van der Waals surface area contributed by atoms with Crippen molar-refractivity contribution in [2.75, 3.05) is 11.4 Å². The number of hydrogen-bond acceptors (Lipinski definition) is 4. The standard InChI is InChI=1S/C11H11NO4S/c13-9-2-1-6(11(15)16)3-8(9)12-5-7(17)4-10(12)14/h1-3,7,13,17H,4-5H2,(H,15,16). The number of hydrogen-bond donors (Lipinski definition) is 3. The minimum atomic E-state index is -1.10. The summed E-state index contributed by atoms with van der Waals surface area (Å²) in [6.45, 7) is 0.374. The molecule has 1 heterocycles. The van der Waals surface area contributed by atoms with Gasteiger partial charge in [0.25, 0.3) is 0 Å². The molecule has 17 heavy (non-hydrogen) atoms. The highest BCUT2D eigenvalue weighted by Gasteiger charge is 2.30. The summed E-state index contributed by atoms with van der Waals surface area (Å²) >= 11 is 4.20. The summed E-state index contributed by atoms with van der Waals surface area (Å²) in [6.07, 6.45) is 0.292. The molecule has 5 nitrogen and oxygen atoms in total. The van der Waals surface area contributed by atoms with Crippen molar-refractivity contribution >= 4 is 30.2 Å². The van der Waals surface area contributed by atoms with Gasteiger partial charge in [-0.05, 0) is 18.2 Å². The first-order valence-corrected chi connectivity index (χ1v) is 5.55. The van der Waals surface area contributed by atoms with Crippen molar-refractivity contribution in [1.29, 1.82) is 0 Å². The van der Waals surface area contributed by atoms with Crippen LogP contribution < -0.4 is 4.90 Å². The number of carbonyl (C=O) groups is 2. The SMILES string of the molecule is O=C(O)c1ccc(O)c(N2CC(S)CC2=O)c1. The van der Waals surface area contributed by atoms with E-state index >= 15 is 0 Å². The number of thiol groups is 1. The zero-order chi connectivity index (χ0) is 12.6. The van der Waals surface area contributed by atoms with Crippen LogP contribution in [-0.4, -0.2) is 33.9 Å². The third kappa shape index (κ3) is 2.21. The highest BCUT2D eigenvalue weighted by Crippen LogP contribution is 2.32. The van der Waals surface area contributed by atoms with Crippen LogP contribution in [0.5, 0.6) is 5.75 Å². The van der Waals surface area contributed by atoms with E-state index in [1.54, 1.807) is 0 Å². The van der Waals surface area contributed by atoms with E-state index in [1.165, 1.54) is 23.1 Å². The normalized spacial score (nSPS) is 19.7. The molecule has 1 atom stereocenters. The molecule has 0 saturated carbocycles. The number of nitrogens with zero attached hydrogens (tertiary/aromatic N) is 1. The number of carboxylic acid groups (broad SMARTS) is 1. The van der Waals surface area contributed by atoms with Gasteiger partial charge in [0.05, 0.1) is 11.3 Å². The Morgan fingerprint density at radius 1 is 1.47 bits per heavy atom. The average molecular weight is 253 g/mol. The quantitative estimate of drug-likeness (QED) is 0.690. The molecule has 1 aromatic carbocycles. The first-order chi connectivity index (χ1) is 7.99. The maximum Gasteiger partial charge on any atom is 0.335 e. The van der Waals surface area contributed by atoms with Gasteiger partial charge in [-0.2, -0.15) is 12.6 Å². The summed E-state index contributed by atoms with van der Waals surface area (Å²) in [5.74, 6) is -1.37. The molecule has 6 heteroatoms. The fourth-order valence-corrected chi connectivity index (χ4v) is 2.11. The van der Waals surface area contributed by atoms with Crippen molar-refractivity contribution in [2.24, 2.45) is 0 Å². The molecule has 0 radical (unpaired) electrons. The van der Waals surface area contributed by atoms with Crippen LogP contribution >= 0.6 is 12.6 Å². The van der Waals surface area contributed by atoms with Crippen molar-refractivity contribution < 1.29 is 19.8 Å². The van der Waals surface area contributed by atoms with Gasteiger partial charge < -0.3 is 15.1 Å². The van der Waals surface area contributed by atoms with Gasteiger partial charge in [-0.3, -0.25) is 4.79 Å². The lowest BCUT2D eigenvalue weighted by Crippen LogP contribution is -2.25. The molecule has 0 aliphatic carbocycles. The van der Waals surface area contributed by atoms with Gasteiger partial charge in [0.1, 0.15) is 5.75 Å². The topological polar surface area (TPSA) is 77.8 Å². The summed E-state index contributed by atoms with van der Waals surface area (Å²) in [5.41, 5.74) is 0.264. The van der Waals surface area contributed by atoms with Gasteiger partial charge in [0, 0.05) is 18.2 Å². The Bertz CT molecular complexity index is 488. The summed E-state index contributed by atoms with van der Waals surface area (Å²) < 4.78 is 0. The Balaban J connectivity index is 2.41. The maximum absolute atomic E-state index is 11.6. The van der Waals surface area contributed by atoms with Gasteiger partial charge in [-0.15, -0.1) is 0 Å². The minimum absolute atomic E-state index is 0.0354. The van der Waals surface area contributed by atoms with Gasteiger partial charge >= 0.3 is 5.97 Å². The number of anilines is 1.